The third-order valence-electron chi connectivity index (χ3n) is 4.24. The van der Waals surface area contributed by atoms with Gasteiger partial charge < -0.3 is 5.32 Å². The van der Waals surface area contributed by atoms with E-state index in [9.17, 15) is 4.79 Å². The summed E-state index contributed by atoms with van der Waals surface area (Å²) in [5, 5.41) is 2.99. The van der Waals surface area contributed by atoms with Crippen LogP contribution in [0.2, 0.25) is 0 Å². The van der Waals surface area contributed by atoms with Crippen LogP contribution in [0.25, 0.3) is 0 Å². The van der Waals surface area contributed by atoms with Crippen molar-refractivity contribution < 1.29 is 4.79 Å². The minimum Gasteiger partial charge on any atom is -0.326 e. The minimum atomic E-state index is 0.0626. The highest BCUT2D eigenvalue weighted by molar-refractivity contribution is 5.91. The Morgan fingerprint density at radius 1 is 0.909 bits per heavy atom. The predicted octanol–water partition coefficient (Wildman–Crippen LogP) is 5.33. The summed E-state index contributed by atoms with van der Waals surface area (Å²) in [7, 11) is 0. The van der Waals surface area contributed by atoms with Gasteiger partial charge in [0.25, 0.3) is 0 Å². The third-order valence-corrected chi connectivity index (χ3v) is 4.24. The first-order valence-electron chi connectivity index (χ1n) is 8.05. The number of anilines is 1. The summed E-state index contributed by atoms with van der Waals surface area (Å²) < 4.78 is 0. The first-order chi connectivity index (χ1) is 10.6. The summed E-state index contributed by atoms with van der Waals surface area (Å²) in [6.45, 7) is 6.49. The molecule has 2 aromatic carbocycles. The van der Waals surface area contributed by atoms with Crippen LogP contribution in [0.1, 0.15) is 56.6 Å². The summed E-state index contributed by atoms with van der Waals surface area (Å²) in [6, 6.07) is 18.3. The first-order valence-corrected chi connectivity index (χ1v) is 8.05. The van der Waals surface area contributed by atoms with Crippen LogP contribution in [-0.4, -0.2) is 5.91 Å². The van der Waals surface area contributed by atoms with Gasteiger partial charge in [0.2, 0.25) is 5.91 Å². The Labute approximate surface area is 133 Å². The molecule has 2 rings (SSSR count). The third kappa shape index (κ3) is 4.45. The highest BCUT2D eigenvalue weighted by atomic mass is 16.1. The van der Waals surface area contributed by atoms with Gasteiger partial charge in [-0.3, -0.25) is 4.79 Å². The molecule has 0 aliphatic rings. The molecule has 22 heavy (non-hydrogen) atoms. The summed E-state index contributed by atoms with van der Waals surface area (Å²) in [4.78, 5) is 12.2. The van der Waals surface area contributed by atoms with E-state index in [0.717, 1.165) is 12.1 Å². The second kappa shape index (κ2) is 7.79. The van der Waals surface area contributed by atoms with E-state index in [2.05, 4.69) is 50.4 Å². The van der Waals surface area contributed by atoms with Crippen molar-refractivity contribution in [1.82, 2.24) is 0 Å². The van der Waals surface area contributed by atoms with Crippen molar-refractivity contribution in [3.8, 4) is 0 Å². The Morgan fingerprint density at radius 2 is 1.50 bits per heavy atom. The van der Waals surface area contributed by atoms with Crippen LogP contribution in [0.15, 0.2) is 54.6 Å². The molecule has 0 bridgehead atoms. The minimum absolute atomic E-state index is 0.0626. The van der Waals surface area contributed by atoms with Gasteiger partial charge in [-0.15, -0.1) is 0 Å². The van der Waals surface area contributed by atoms with E-state index in [-0.39, 0.29) is 11.8 Å². The van der Waals surface area contributed by atoms with E-state index >= 15 is 0 Å². The maximum absolute atomic E-state index is 12.2. The van der Waals surface area contributed by atoms with Crippen molar-refractivity contribution >= 4 is 11.6 Å². The highest BCUT2D eigenvalue weighted by Gasteiger charge is 2.11. The quantitative estimate of drug-likeness (QED) is 0.766. The van der Waals surface area contributed by atoms with E-state index in [1.165, 1.54) is 11.1 Å². The largest absolute Gasteiger partial charge is 0.326 e. The summed E-state index contributed by atoms with van der Waals surface area (Å²) in [6.07, 6.45) is 1.62. The van der Waals surface area contributed by atoms with Gasteiger partial charge in [0.05, 0.1) is 0 Å². The molecule has 2 heteroatoms. The SMILES string of the molecule is CC[C@@H](C)c1ccc(NC(=O)C[C@@H](C)c2ccccc2)cc1. The standard InChI is InChI=1S/C20H25NO/c1-4-15(2)18-10-12-19(13-11-18)21-20(22)14-16(3)17-8-6-5-7-9-17/h5-13,15-16H,4,14H2,1-3H3,(H,21,22)/t15-,16-/m1/s1. The molecule has 1 N–H and O–H groups in total. The maximum Gasteiger partial charge on any atom is 0.224 e. The predicted molar refractivity (Wildman–Crippen MR) is 93.3 cm³/mol. The number of hydrogen-bond acceptors (Lipinski definition) is 1. The van der Waals surface area contributed by atoms with Gasteiger partial charge in [0.1, 0.15) is 0 Å². The average molecular weight is 295 g/mol. The van der Waals surface area contributed by atoms with Crippen molar-refractivity contribution in [2.75, 3.05) is 5.32 Å². The Kier molecular flexibility index (Phi) is 5.76. The van der Waals surface area contributed by atoms with E-state index < -0.39 is 0 Å². The van der Waals surface area contributed by atoms with Crippen molar-refractivity contribution in [1.29, 1.82) is 0 Å². The van der Waals surface area contributed by atoms with Gasteiger partial charge in [-0.25, -0.2) is 0 Å². The number of amides is 1. The molecule has 2 aromatic rings. The molecule has 0 heterocycles. The summed E-state index contributed by atoms with van der Waals surface area (Å²) >= 11 is 0. The fourth-order valence-corrected chi connectivity index (χ4v) is 2.52. The van der Waals surface area contributed by atoms with E-state index in [1.54, 1.807) is 0 Å². The van der Waals surface area contributed by atoms with Crippen LogP contribution in [0.4, 0.5) is 5.69 Å². The van der Waals surface area contributed by atoms with Crippen LogP contribution in [0.3, 0.4) is 0 Å². The maximum atomic E-state index is 12.2. The zero-order valence-corrected chi connectivity index (χ0v) is 13.7. The number of carbonyl (C=O) groups excluding carboxylic acids is 1. The Balaban J connectivity index is 1.92. The van der Waals surface area contributed by atoms with Gasteiger partial charge in [0, 0.05) is 12.1 Å². The zero-order chi connectivity index (χ0) is 15.9. The van der Waals surface area contributed by atoms with Crippen LogP contribution < -0.4 is 5.32 Å². The van der Waals surface area contributed by atoms with Gasteiger partial charge in [-0.2, -0.15) is 0 Å². The van der Waals surface area contributed by atoms with Crippen LogP contribution in [0.5, 0.6) is 0 Å². The van der Waals surface area contributed by atoms with Crippen LogP contribution in [-0.2, 0) is 4.79 Å². The topological polar surface area (TPSA) is 29.1 Å². The highest BCUT2D eigenvalue weighted by Crippen LogP contribution is 2.22. The molecule has 0 aliphatic heterocycles. The molecule has 0 radical (unpaired) electrons. The molecule has 0 unspecified atom stereocenters. The Hall–Kier alpha value is -2.09. The number of nitrogens with one attached hydrogen (secondary N) is 1. The molecule has 0 saturated heterocycles. The Morgan fingerprint density at radius 3 is 2.09 bits per heavy atom. The molecule has 116 valence electrons. The second-order valence-corrected chi connectivity index (χ2v) is 6.00. The lowest BCUT2D eigenvalue weighted by molar-refractivity contribution is -0.116. The lowest BCUT2D eigenvalue weighted by atomic mass is 9.97. The zero-order valence-electron chi connectivity index (χ0n) is 13.7. The molecule has 1 amide bonds. The van der Waals surface area contributed by atoms with Gasteiger partial charge in [0.15, 0.2) is 0 Å². The lowest BCUT2D eigenvalue weighted by Crippen LogP contribution is -2.14. The molecule has 0 saturated carbocycles. The van der Waals surface area contributed by atoms with Crippen LogP contribution >= 0.6 is 0 Å². The van der Waals surface area contributed by atoms with Crippen molar-refractivity contribution in [2.45, 2.75) is 45.4 Å². The normalized spacial score (nSPS) is 13.4. The van der Waals surface area contributed by atoms with Crippen molar-refractivity contribution in [3.05, 3.63) is 65.7 Å². The van der Waals surface area contributed by atoms with Crippen LogP contribution in [0, 0.1) is 0 Å². The average Bonchev–Trinajstić information content (AvgIpc) is 2.55. The van der Waals surface area contributed by atoms with E-state index in [4.69, 9.17) is 0 Å². The molecule has 0 spiro atoms. The number of rotatable bonds is 6. The van der Waals surface area contributed by atoms with Crippen molar-refractivity contribution in [3.63, 3.8) is 0 Å². The van der Waals surface area contributed by atoms with Gasteiger partial charge in [-0.05, 0) is 41.5 Å². The fourth-order valence-electron chi connectivity index (χ4n) is 2.52. The molecule has 2 atom stereocenters. The lowest BCUT2D eigenvalue weighted by Gasteiger charge is -2.13. The molecular weight excluding hydrogens is 270 g/mol. The van der Waals surface area contributed by atoms with E-state index in [1.807, 2.05) is 30.3 Å². The Bertz CT molecular complexity index is 589. The number of hydrogen-bond donors (Lipinski definition) is 1. The fraction of sp³-hybridized carbons (Fsp3) is 0.350. The van der Waals surface area contributed by atoms with Gasteiger partial charge in [-0.1, -0.05) is 63.2 Å². The molecule has 0 fully saturated rings. The number of carbonyl (C=O) groups is 1. The summed E-state index contributed by atoms with van der Waals surface area (Å²) in [5.74, 6) is 0.844. The number of benzene rings is 2. The first kappa shape index (κ1) is 16.3. The molecule has 0 aliphatic carbocycles. The smallest absolute Gasteiger partial charge is 0.224 e. The summed E-state index contributed by atoms with van der Waals surface area (Å²) in [5.41, 5.74) is 3.39. The monoisotopic (exact) mass is 295 g/mol. The molecule has 0 aromatic heterocycles. The molecule has 2 nitrogen and oxygen atoms in total. The second-order valence-electron chi connectivity index (χ2n) is 6.00. The van der Waals surface area contributed by atoms with Crippen molar-refractivity contribution in [2.24, 2.45) is 0 Å². The van der Waals surface area contributed by atoms with E-state index in [0.29, 0.717) is 12.3 Å². The molecular formula is C20H25NO. The van der Waals surface area contributed by atoms with Gasteiger partial charge >= 0.3 is 0 Å².